The highest BCUT2D eigenvalue weighted by atomic mass is 19.1. The van der Waals surface area contributed by atoms with Crippen LogP contribution in [0.25, 0.3) is 0 Å². The number of nitrogens with two attached hydrogens (primary N) is 1. The van der Waals surface area contributed by atoms with Gasteiger partial charge in [-0.3, -0.25) is 4.79 Å². The van der Waals surface area contributed by atoms with Gasteiger partial charge in [-0.05, 0) is 49.6 Å². The van der Waals surface area contributed by atoms with Gasteiger partial charge in [0.25, 0.3) is 11.9 Å². The molecule has 1 aliphatic rings. The number of aliphatic imine (C=N–C) groups is 1. The molecule has 0 saturated carbocycles. The molecule has 2 atom stereocenters. The first-order valence-electron chi connectivity index (χ1n) is 8.04. The van der Waals surface area contributed by atoms with Gasteiger partial charge < -0.3 is 15.8 Å². The molecule has 3 N–H and O–H groups in total. The highest BCUT2D eigenvalue weighted by Gasteiger charge is 2.25. The van der Waals surface area contributed by atoms with E-state index < -0.39 is 11.9 Å². The average molecular weight is 342 g/mol. The normalized spacial score (nSPS) is 19.2. The van der Waals surface area contributed by atoms with Crippen molar-refractivity contribution in [1.82, 2.24) is 4.98 Å². The number of carbonyl (C=O) groups is 1. The van der Waals surface area contributed by atoms with E-state index in [1.165, 1.54) is 18.2 Å². The first-order chi connectivity index (χ1) is 12.0. The average Bonchev–Trinajstić information content (AvgIpc) is 2.91. The lowest BCUT2D eigenvalue weighted by molar-refractivity contribution is 0.102. The fourth-order valence-electron chi connectivity index (χ4n) is 2.67. The van der Waals surface area contributed by atoms with E-state index in [1.54, 1.807) is 12.1 Å². The van der Waals surface area contributed by atoms with Crippen LogP contribution in [0.5, 0.6) is 0 Å². The zero-order valence-electron chi connectivity index (χ0n) is 13.8. The molecule has 0 aliphatic carbocycles. The number of hydrogen-bond donors (Lipinski definition) is 2. The second-order valence-electron chi connectivity index (χ2n) is 5.89. The number of pyridine rings is 1. The molecule has 130 valence electrons. The van der Waals surface area contributed by atoms with Crippen molar-refractivity contribution in [3.63, 3.8) is 0 Å². The second-order valence-corrected chi connectivity index (χ2v) is 5.89. The maximum atomic E-state index is 13.1. The summed E-state index contributed by atoms with van der Waals surface area (Å²) < 4.78 is 18.4. The molecular weight excluding hydrogens is 323 g/mol. The Morgan fingerprint density at radius 2 is 2.04 bits per heavy atom. The number of ether oxygens (including phenoxy) is 1. The van der Waals surface area contributed by atoms with Gasteiger partial charge in [0.15, 0.2) is 0 Å². The van der Waals surface area contributed by atoms with Crippen molar-refractivity contribution in [2.24, 2.45) is 10.7 Å². The fourth-order valence-corrected chi connectivity index (χ4v) is 2.67. The molecule has 7 heteroatoms. The number of amides is 1. The smallest absolute Gasteiger partial charge is 0.282 e. The highest BCUT2D eigenvalue weighted by Crippen LogP contribution is 2.18. The summed E-state index contributed by atoms with van der Waals surface area (Å²) in [5.74, 6) is -1.13. The van der Waals surface area contributed by atoms with E-state index >= 15 is 0 Å². The second kappa shape index (κ2) is 7.29. The number of carbonyl (C=O) groups excluding carboxylic acids is 1. The quantitative estimate of drug-likeness (QED) is 0.817. The molecule has 25 heavy (non-hydrogen) atoms. The van der Waals surface area contributed by atoms with Crippen LogP contribution in [0.1, 0.15) is 29.4 Å². The molecule has 0 saturated heterocycles. The number of amidine groups is 1. The van der Waals surface area contributed by atoms with E-state index in [4.69, 9.17) is 10.5 Å². The summed E-state index contributed by atoms with van der Waals surface area (Å²) in [4.78, 5) is 19.9. The zero-order valence-corrected chi connectivity index (χ0v) is 13.8. The van der Waals surface area contributed by atoms with Crippen LogP contribution in [0.3, 0.4) is 0 Å². The van der Waals surface area contributed by atoms with E-state index in [2.05, 4.69) is 15.3 Å². The summed E-state index contributed by atoms with van der Waals surface area (Å²) in [6, 6.07) is 11.9. The van der Waals surface area contributed by atoms with Crippen molar-refractivity contribution >= 4 is 17.6 Å². The minimum atomic E-state index is -0.684. The lowest BCUT2D eigenvalue weighted by Gasteiger charge is -2.12. The van der Waals surface area contributed by atoms with Crippen molar-refractivity contribution in [2.45, 2.75) is 31.9 Å². The Morgan fingerprint density at radius 1 is 1.28 bits per heavy atom. The number of anilines is 1. The molecule has 2 heterocycles. The number of halogens is 1. The van der Waals surface area contributed by atoms with E-state index in [0.717, 1.165) is 18.4 Å². The number of nitrogens with one attached hydrogen (secondary N) is 1. The Kier molecular flexibility index (Phi) is 4.92. The summed E-state index contributed by atoms with van der Waals surface area (Å²) in [5, 5.41) is 2.70. The fraction of sp³-hybridized carbons (Fsp3) is 0.278. The minimum absolute atomic E-state index is 0.00247. The molecule has 0 fully saturated rings. The molecule has 1 aromatic heterocycles. The number of aromatic nitrogens is 1. The Labute approximate surface area is 144 Å². The molecule has 0 radical (unpaired) electrons. The highest BCUT2D eigenvalue weighted by molar-refractivity contribution is 6.02. The van der Waals surface area contributed by atoms with Crippen LogP contribution in [0.2, 0.25) is 0 Å². The lowest BCUT2D eigenvalue weighted by Crippen LogP contribution is -2.20. The monoisotopic (exact) mass is 342 g/mol. The molecular formula is C18H19FN4O2. The SMILES string of the molecule is C[C@@H]1OC(N)=N[C@H]1CCc1ccc(NC(=O)c2cccc(F)n2)cc1. The van der Waals surface area contributed by atoms with Gasteiger partial charge in [-0.25, -0.2) is 9.98 Å². The van der Waals surface area contributed by atoms with E-state index in [0.29, 0.717) is 5.69 Å². The van der Waals surface area contributed by atoms with Crippen LogP contribution in [0.4, 0.5) is 10.1 Å². The molecule has 0 bridgehead atoms. The van der Waals surface area contributed by atoms with Crippen molar-refractivity contribution in [1.29, 1.82) is 0 Å². The largest absolute Gasteiger partial charge is 0.460 e. The molecule has 6 nitrogen and oxygen atoms in total. The number of benzene rings is 1. The van der Waals surface area contributed by atoms with Crippen LogP contribution >= 0.6 is 0 Å². The van der Waals surface area contributed by atoms with Gasteiger partial charge in [0.1, 0.15) is 11.8 Å². The third-order valence-corrected chi connectivity index (χ3v) is 4.03. The molecule has 0 unspecified atom stereocenters. The molecule has 1 amide bonds. The maximum absolute atomic E-state index is 13.1. The van der Waals surface area contributed by atoms with Crippen molar-refractivity contribution in [3.8, 4) is 0 Å². The van der Waals surface area contributed by atoms with E-state index in [-0.39, 0.29) is 23.9 Å². The predicted octanol–water partition coefficient (Wildman–Crippen LogP) is 2.51. The lowest BCUT2D eigenvalue weighted by atomic mass is 10.0. The van der Waals surface area contributed by atoms with Gasteiger partial charge in [0.2, 0.25) is 5.95 Å². The number of aryl methyl sites for hydroxylation is 1. The maximum Gasteiger partial charge on any atom is 0.282 e. The van der Waals surface area contributed by atoms with Crippen molar-refractivity contribution in [3.05, 3.63) is 59.7 Å². The predicted molar refractivity (Wildman–Crippen MR) is 92.9 cm³/mol. The number of nitrogens with zero attached hydrogens (tertiary/aromatic N) is 2. The summed E-state index contributed by atoms with van der Waals surface area (Å²) in [5.41, 5.74) is 7.35. The third-order valence-electron chi connectivity index (χ3n) is 4.03. The van der Waals surface area contributed by atoms with Crippen LogP contribution in [0, 0.1) is 5.95 Å². The summed E-state index contributed by atoms with van der Waals surface area (Å²) in [6.07, 6.45) is 1.66. The van der Waals surface area contributed by atoms with E-state index in [1.807, 2.05) is 19.1 Å². The first kappa shape index (κ1) is 16.9. The van der Waals surface area contributed by atoms with Crippen LogP contribution in [-0.2, 0) is 11.2 Å². The van der Waals surface area contributed by atoms with Crippen LogP contribution < -0.4 is 11.1 Å². The molecule has 2 aromatic rings. The molecule has 0 spiro atoms. The molecule has 1 aliphatic heterocycles. The molecule has 3 rings (SSSR count). The van der Waals surface area contributed by atoms with Gasteiger partial charge in [0, 0.05) is 5.69 Å². The van der Waals surface area contributed by atoms with Gasteiger partial charge >= 0.3 is 0 Å². The third kappa shape index (κ3) is 4.32. The van der Waals surface area contributed by atoms with Crippen molar-refractivity contribution in [2.75, 3.05) is 5.32 Å². The van der Waals surface area contributed by atoms with Gasteiger partial charge in [-0.1, -0.05) is 18.2 Å². The Hall–Kier alpha value is -2.96. The van der Waals surface area contributed by atoms with Crippen LogP contribution in [-0.4, -0.2) is 29.1 Å². The number of rotatable bonds is 5. The van der Waals surface area contributed by atoms with Crippen LogP contribution in [0.15, 0.2) is 47.5 Å². The summed E-state index contributed by atoms with van der Waals surface area (Å²) >= 11 is 0. The van der Waals surface area contributed by atoms with Gasteiger partial charge in [0.05, 0.1) is 6.04 Å². The van der Waals surface area contributed by atoms with Gasteiger partial charge in [-0.2, -0.15) is 4.39 Å². The Morgan fingerprint density at radius 3 is 2.68 bits per heavy atom. The minimum Gasteiger partial charge on any atom is -0.460 e. The number of hydrogen-bond acceptors (Lipinski definition) is 5. The summed E-state index contributed by atoms with van der Waals surface area (Å²) in [7, 11) is 0. The zero-order chi connectivity index (χ0) is 17.8. The topological polar surface area (TPSA) is 89.6 Å². The van der Waals surface area contributed by atoms with Crippen molar-refractivity contribution < 1.29 is 13.9 Å². The van der Waals surface area contributed by atoms with Gasteiger partial charge in [-0.15, -0.1) is 0 Å². The molecule has 1 aromatic carbocycles. The standard InChI is InChI=1S/C18H19FN4O2/c1-11-14(23-18(20)25-11)10-7-12-5-8-13(9-6-12)21-17(24)15-3-2-4-16(19)22-15/h2-6,8-9,11,14H,7,10H2,1H3,(H2,20,23)(H,21,24)/t11-,14-/m0/s1. The summed E-state index contributed by atoms with van der Waals surface area (Å²) in [6.45, 7) is 1.95. The van der Waals surface area contributed by atoms with E-state index in [9.17, 15) is 9.18 Å². The first-order valence-corrected chi connectivity index (χ1v) is 8.04. The Balaban J connectivity index is 1.56. The Bertz CT molecular complexity index is 792.